The number of aromatic nitrogens is 1. The van der Waals surface area contributed by atoms with Crippen LogP contribution < -0.4 is 10.1 Å². The average molecular weight is 500 g/mol. The number of hydrogen-bond acceptors (Lipinski definition) is 5. The highest BCUT2D eigenvalue weighted by Crippen LogP contribution is 2.35. The summed E-state index contributed by atoms with van der Waals surface area (Å²) in [6.07, 6.45) is 0. The second-order valence-corrected chi connectivity index (χ2v) is 9.19. The van der Waals surface area contributed by atoms with Gasteiger partial charge in [-0.15, -0.1) is 0 Å². The fourth-order valence-corrected chi connectivity index (χ4v) is 4.40. The largest absolute Gasteiger partial charge is 0.497 e. The molecule has 0 saturated carbocycles. The van der Waals surface area contributed by atoms with Gasteiger partial charge in [0.1, 0.15) is 16.8 Å². The number of amides is 1. The van der Waals surface area contributed by atoms with Crippen molar-refractivity contribution in [1.29, 1.82) is 5.26 Å². The molecule has 4 rings (SSSR count). The fourth-order valence-electron chi connectivity index (χ4n) is 3.47. The van der Waals surface area contributed by atoms with Crippen molar-refractivity contribution in [2.75, 3.05) is 18.2 Å². The number of thioether (sulfide) groups is 1. The van der Waals surface area contributed by atoms with Crippen LogP contribution in [0.3, 0.4) is 0 Å². The zero-order valence-corrected chi connectivity index (χ0v) is 20.8. The third-order valence-electron chi connectivity index (χ3n) is 5.31. The third-order valence-corrected chi connectivity index (χ3v) is 6.54. The predicted octanol–water partition coefficient (Wildman–Crippen LogP) is 6.99. The molecule has 7 heteroatoms. The number of ether oxygens (including phenoxy) is 1. The number of carbonyl (C=O) groups excluding carboxylic acids is 1. The van der Waals surface area contributed by atoms with Crippen LogP contribution >= 0.6 is 23.4 Å². The number of halogens is 1. The van der Waals surface area contributed by atoms with Crippen LogP contribution in [0.4, 0.5) is 5.69 Å². The summed E-state index contributed by atoms with van der Waals surface area (Å²) < 4.78 is 5.27. The van der Waals surface area contributed by atoms with Crippen molar-refractivity contribution in [3.63, 3.8) is 0 Å². The number of rotatable bonds is 7. The van der Waals surface area contributed by atoms with E-state index in [2.05, 4.69) is 11.4 Å². The molecule has 1 heterocycles. The van der Waals surface area contributed by atoms with Gasteiger partial charge in [0, 0.05) is 21.8 Å². The lowest BCUT2D eigenvalue weighted by Crippen LogP contribution is -2.14. The maximum absolute atomic E-state index is 12.6. The normalized spacial score (nSPS) is 10.5. The Hall–Kier alpha value is -3.79. The summed E-state index contributed by atoms with van der Waals surface area (Å²) in [5.74, 6) is 0.678. The molecular formula is C28H22ClN3O2S. The van der Waals surface area contributed by atoms with Crippen molar-refractivity contribution in [3.05, 3.63) is 95.0 Å². The van der Waals surface area contributed by atoms with Crippen LogP contribution in [0, 0.1) is 18.3 Å². The highest BCUT2D eigenvalue weighted by atomic mass is 35.5. The zero-order chi connectivity index (χ0) is 24.8. The second-order valence-electron chi connectivity index (χ2n) is 7.79. The van der Waals surface area contributed by atoms with Crippen molar-refractivity contribution >= 4 is 35.0 Å². The Morgan fingerprint density at radius 1 is 1.03 bits per heavy atom. The predicted molar refractivity (Wildman–Crippen MR) is 142 cm³/mol. The van der Waals surface area contributed by atoms with E-state index in [0.717, 1.165) is 33.7 Å². The SMILES string of the molecule is COc1ccc(-c2cc(-c3ccc(Cl)cc3)c(C#N)c(SCC(=O)Nc3ccc(C)cc3)n2)cc1. The molecule has 0 bridgehead atoms. The molecule has 0 radical (unpaired) electrons. The molecule has 4 aromatic rings. The molecule has 0 aliphatic carbocycles. The highest BCUT2D eigenvalue weighted by Gasteiger charge is 2.17. The van der Waals surface area contributed by atoms with E-state index in [1.54, 1.807) is 19.2 Å². The van der Waals surface area contributed by atoms with E-state index < -0.39 is 0 Å². The van der Waals surface area contributed by atoms with Crippen LogP contribution in [0.1, 0.15) is 11.1 Å². The number of nitrogens with zero attached hydrogens (tertiary/aromatic N) is 2. The number of carbonyl (C=O) groups is 1. The second kappa shape index (κ2) is 11.1. The standard InChI is InChI=1S/C28H22ClN3O2S/c1-18-3-11-22(12-4-18)31-27(33)17-35-28-25(16-30)24(19-5-9-21(29)10-6-19)15-26(32-28)20-7-13-23(34-2)14-8-20/h3-15H,17H2,1-2H3,(H,31,33). The molecule has 0 fully saturated rings. The number of aryl methyl sites for hydroxylation is 1. The highest BCUT2D eigenvalue weighted by molar-refractivity contribution is 8.00. The van der Waals surface area contributed by atoms with Crippen molar-refractivity contribution < 1.29 is 9.53 Å². The molecule has 174 valence electrons. The van der Waals surface area contributed by atoms with Crippen LogP contribution in [0.15, 0.2) is 83.9 Å². The Kier molecular flexibility index (Phi) is 7.71. The van der Waals surface area contributed by atoms with Crippen molar-refractivity contribution in [2.24, 2.45) is 0 Å². The first-order valence-corrected chi connectivity index (χ1v) is 12.2. The molecule has 1 amide bonds. The molecular weight excluding hydrogens is 478 g/mol. The topological polar surface area (TPSA) is 75.0 Å². The van der Waals surface area contributed by atoms with Gasteiger partial charge in [0.25, 0.3) is 0 Å². The minimum absolute atomic E-state index is 0.113. The summed E-state index contributed by atoms with van der Waals surface area (Å²) in [6.45, 7) is 1.99. The molecule has 0 spiro atoms. The number of benzene rings is 3. The number of methoxy groups -OCH3 is 1. The van der Waals surface area contributed by atoms with Gasteiger partial charge in [0.15, 0.2) is 0 Å². The quantitative estimate of drug-likeness (QED) is 0.277. The van der Waals surface area contributed by atoms with Crippen molar-refractivity contribution in [1.82, 2.24) is 4.98 Å². The van der Waals surface area contributed by atoms with E-state index in [-0.39, 0.29) is 11.7 Å². The van der Waals surface area contributed by atoms with E-state index in [9.17, 15) is 10.1 Å². The van der Waals surface area contributed by atoms with E-state index in [0.29, 0.717) is 21.3 Å². The average Bonchev–Trinajstić information content (AvgIpc) is 2.88. The first kappa shape index (κ1) is 24.3. The van der Waals surface area contributed by atoms with Gasteiger partial charge >= 0.3 is 0 Å². The molecule has 3 aromatic carbocycles. The van der Waals surface area contributed by atoms with Gasteiger partial charge in [-0.2, -0.15) is 5.26 Å². The molecule has 1 aromatic heterocycles. The maximum atomic E-state index is 12.6. The minimum Gasteiger partial charge on any atom is -0.497 e. The van der Waals surface area contributed by atoms with Crippen LogP contribution in [-0.4, -0.2) is 23.8 Å². The fraction of sp³-hybridized carbons (Fsp3) is 0.107. The Labute approximate surface area is 213 Å². The van der Waals surface area contributed by atoms with E-state index in [1.807, 2.05) is 73.7 Å². The Morgan fingerprint density at radius 2 is 1.69 bits per heavy atom. The summed E-state index contributed by atoms with van der Waals surface area (Å²) in [5.41, 5.74) is 5.39. The lowest BCUT2D eigenvalue weighted by molar-refractivity contribution is -0.113. The van der Waals surface area contributed by atoms with E-state index in [1.165, 1.54) is 11.8 Å². The smallest absolute Gasteiger partial charge is 0.234 e. The molecule has 0 unspecified atom stereocenters. The lowest BCUT2D eigenvalue weighted by Gasteiger charge is -2.13. The number of anilines is 1. The first-order chi connectivity index (χ1) is 17.0. The molecule has 0 saturated heterocycles. The molecule has 0 aliphatic heterocycles. The Balaban J connectivity index is 1.69. The van der Waals surface area contributed by atoms with Gasteiger partial charge in [-0.05, 0) is 67.1 Å². The molecule has 1 N–H and O–H groups in total. The molecule has 5 nitrogen and oxygen atoms in total. The lowest BCUT2D eigenvalue weighted by atomic mass is 9.99. The van der Waals surface area contributed by atoms with Gasteiger partial charge in [-0.25, -0.2) is 4.98 Å². The maximum Gasteiger partial charge on any atom is 0.234 e. The monoisotopic (exact) mass is 499 g/mol. The Morgan fingerprint density at radius 3 is 2.31 bits per heavy atom. The van der Waals surface area contributed by atoms with Crippen molar-refractivity contribution in [2.45, 2.75) is 11.9 Å². The number of nitriles is 1. The van der Waals surface area contributed by atoms with Crippen LogP contribution in [-0.2, 0) is 4.79 Å². The minimum atomic E-state index is -0.174. The van der Waals surface area contributed by atoms with Gasteiger partial charge < -0.3 is 10.1 Å². The van der Waals surface area contributed by atoms with Crippen LogP contribution in [0.25, 0.3) is 22.4 Å². The molecule has 0 atom stereocenters. The molecule has 0 aliphatic rings. The number of pyridine rings is 1. The van der Waals surface area contributed by atoms with E-state index >= 15 is 0 Å². The zero-order valence-electron chi connectivity index (χ0n) is 19.2. The van der Waals surface area contributed by atoms with Crippen molar-refractivity contribution in [3.8, 4) is 34.2 Å². The number of nitrogens with one attached hydrogen (secondary N) is 1. The summed E-state index contributed by atoms with van der Waals surface area (Å²) >= 11 is 7.32. The summed E-state index contributed by atoms with van der Waals surface area (Å²) in [6, 6.07) is 26.6. The Bertz CT molecular complexity index is 1380. The van der Waals surface area contributed by atoms with Gasteiger partial charge in [-0.3, -0.25) is 4.79 Å². The van der Waals surface area contributed by atoms with Gasteiger partial charge in [0.2, 0.25) is 5.91 Å². The molecule has 35 heavy (non-hydrogen) atoms. The van der Waals surface area contributed by atoms with Gasteiger partial charge in [-0.1, -0.05) is 53.2 Å². The third kappa shape index (κ3) is 6.02. The summed E-state index contributed by atoms with van der Waals surface area (Å²) in [5, 5.41) is 14.0. The number of hydrogen-bond donors (Lipinski definition) is 1. The van der Waals surface area contributed by atoms with Crippen LogP contribution in [0.2, 0.25) is 5.02 Å². The van der Waals surface area contributed by atoms with Gasteiger partial charge in [0.05, 0.1) is 24.1 Å². The first-order valence-electron chi connectivity index (χ1n) is 10.8. The van der Waals surface area contributed by atoms with E-state index in [4.69, 9.17) is 21.3 Å². The van der Waals surface area contributed by atoms with Crippen LogP contribution in [0.5, 0.6) is 5.75 Å². The summed E-state index contributed by atoms with van der Waals surface area (Å²) in [4.78, 5) is 17.4. The summed E-state index contributed by atoms with van der Waals surface area (Å²) in [7, 11) is 1.62.